The molecule has 26 heavy (non-hydrogen) atoms. The molecule has 0 radical (unpaired) electrons. The van der Waals surface area contributed by atoms with Crippen molar-refractivity contribution in [2.75, 3.05) is 5.21 Å². The average Bonchev–Trinajstić information content (AvgIpc) is 2.80. The van der Waals surface area contributed by atoms with Gasteiger partial charge in [-0.1, -0.05) is 32.0 Å². The summed E-state index contributed by atoms with van der Waals surface area (Å²) in [6, 6.07) is 4.31. The highest BCUT2D eigenvalue weighted by molar-refractivity contribution is 7.88. The van der Waals surface area contributed by atoms with E-state index in [1.165, 1.54) is 33.0 Å². The number of aromatic nitrogens is 2. The zero-order valence-corrected chi connectivity index (χ0v) is 15.5. The smallest absolute Gasteiger partial charge is 0.359 e. The van der Waals surface area contributed by atoms with E-state index < -0.39 is 44.3 Å². The maximum Gasteiger partial charge on any atom is 0.416 e. The summed E-state index contributed by atoms with van der Waals surface area (Å²) in [6.45, 7) is 2.87. The molecule has 0 bridgehead atoms. The number of alkyl halides is 4. The predicted molar refractivity (Wildman–Crippen MR) is 87.0 cm³/mol. The minimum Gasteiger partial charge on any atom is -0.359 e. The van der Waals surface area contributed by atoms with Crippen molar-refractivity contribution in [2.45, 2.75) is 25.4 Å². The number of hydrogen-bond donors (Lipinski definition) is 0. The van der Waals surface area contributed by atoms with Crippen molar-refractivity contribution in [3.8, 4) is 5.88 Å². The Morgan fingerprint density at radius 1 is 1.23 bits per heavy atom. The molecule has 11 heteroatoms. The molecule has 144 valence electrons. The molecule has 0 spiro atoms. The SMILES string of the molecule is Cn1nc(OS(=O)(=O)CCl)c(C(C)(C)c2cccc(C(F)(F)F)c2)c1F. The van der Waals surface area contributed by atoms with Crippen LogP contribution in [0.15, 0.2) is 24.3 Å². The molecule has 0 saturated heterocycles. The Kier molecular flexibility index (Phi) is 5.31. The van der Waals surface area contributed by atoms with Crippen LogP contribution in [0.2, 0.25) is 0 Å². The summed E-state index contributed by atoms with van der Waals surface area (Å²) in [5.74, 6) is -1.51. The Morgan fingerprint density at radius 3 is 2.35 bits per heavy atom. The van der Waals surface area contributed by atoms with E-state index >= 15 is 0 Å². The number of halogens is 5. The van der Waals surface area contributed by atoms with Crippen LogP contribution in [0, 0.1) is 5.95 Å². The lowest BCUT2D eigenvalue weighted by molar-refractivity contribution is -0.137. The first-order valence-electron chi connectivity index (χ1n) is 7.18. The maximum absolute atomic E-state index is 14.6. The van der Waals surface area contributed by atoms with Crippen LogP contribution >= 0.6 is 11.6 Å². The van der Waals surface area contributed by atoms with E-state index in [1.54, 1.807) is 0 Å². The van der Waals surface area contributed by atoms with Gasteiger partial charge in [0.05, 0.1) is 11.1 Å². The van der Waals surface area contributed by atoms with Crippen molar-refractivity contribution in [2.24, 2.45) is 7.05 Å². The highest BCUT2D eigenvalue weighted by Gasteiger charge is 2.38. The van der Waals surface area contributed by atoms with Crippen LogP contribution in [-0.2, 0) is 28.8 Å². The molecule has 0 atom stereocenters. The van der Waals surface area contributed by atoms with Crippen molar-refractivity contribution in [1.29, 1.82) is 0 Å². The van der Waals surface area contributed by atoms with E-state index in [1.807, 2.05) is 0 Å². The summed E-state index contributed by atoms with van der Waals surface area (Å²) >= 11 is 5.28. The van der Waals surface area contributed by atoms with E-state index in [-0.39, 0.29) is 11.1 Å². The number of benzene rings is 1. The second kappa shape index (κ2) is 6.73. The van der Waals surface area contributed by atoms with Gasteiger partial charge in [0.2, 0.25) is 5.95 Å². The Balaban J connectivity index is 2.63. The molecule has 0 aliphatic rings. The van der Waals surface area contributed by atoms with Crippen LogP contribution in [0.4, 0.5) is 17.6 Å². The van der Waals surface area contributed by atoms with Crippen LogP contribution in [0.5, 0.6) is 5.88 Å². The summed E-state index contributed by atoms with van der Waals surface area (Å²) in [5, 5.41) is 2.77. The Bertz CT molecular complexity index is 923. The first-order chi connectivity index (χ1) is 11.8. The van der Waals surface area contributed by atoms with Crippen molar-refractivity contribution in [3.63, 3.8) is 0 Å². The minimum atomic E-state index is -4.58. The first kappa shape index (κ1) is 20.5. The van der Waals surface area contributed by atoms with Gasteiger partial charge < -0.3 is 4.18 Å². The Morgan fingerprint density at radius 2 is 1.81 bits per heavy atom. The lowest BCUT2D eigenvalue weighted by Gasteiger charge is -2.26. The van der Waals surface area contributed by atoms with Gasteiger partial charge in [-0.05, 0) is 11.6 Å². The molecule has 1 aromatic carbocycles. The van der Waals surface area contributed by atoms with Gasteiger partial charge in [-0.15, -0.1) is 16.7 Å². The largest absolute Gasteiger partial charge is 0.416 e. The van der Waals surface area contributed by atoms with Crippen LogP contribution in [-0.4, -0.2) is 23.4 Å². The lowest BCUT2D eigenvalue weighted by Crippen LogP contribution is -2.23. The second-order valence-electron chi connectivity index (χ2n) is 6.05. The highest BCUT2D eigenvalue weighted by atomic mass is 35.5. The van der Waals surface area contributed by atoms with E-state index in [0.29, 0.717) is 0 Å². The van der Waals surface area contributed by atoms with Gasteiger partial charge in [0.1, 0.15) is 0 Å². The Labute approximate surface area is 152 Å². The molecule has 0 aliphatic carbocycles. The van der Waals surface area contributed by atoms with E-state index in [4.69, 9.17) is 15.8 Å². The fourth-order valence-electron chi connectivity index (χ4n) is 2.43. The van der Waals surface area contributed by atoms with Crippen LogP contribution in [0.3, 0.4) is 0 Å². The van der Waals surface area contributed by atoms with Gasteiger partial charge in [0.25, 0.3) is 5.88 Å². The lowest BCUT2D eigenvalue weighted by atomic mass is 9.78. The van der Waals surface area contributed by atoms with Crippen molar-refractivity contribution in [1.82, 2.24) is 9.78 Å². The minimum absolute atomic E-state index is 0.104. The third-order valence-corrected chi connectivity index (χ3v) is 5.30. The monoisotopic (exact) mass is 414 g/mol. The molecule has 0 fully saturated rings. The Hall–Kier alpha value is -1.81. The standard InChI is InChI=1S/C15H15ClF4N2O3S/c1-14(2,9-5-4-6-10(7-9)15(18,19)20)11-12(17)22(3)21-13(11)25-26(23,24)8-16/h4-7H,8H2,1-3H3. The number of nitrogens with zero attached hydrogens (tertiary/aromatic N) is 2. The normalized spacial score (nSPS) is 13.1. The molecule has 0 unspecified atom stereocenters. The molecule has 1 heterocycles. The van der Waals surface area contributed by atoms with Crippen LogP contribution < -0.4 is 4.18 Å². The quantitative estimate of drug-likeness (QED) is 0.424. The van der Waals surface area contributed by atoms with Crippen molar-refractivity contribution in [3.05, 3.63) is 46.9 Å². The molecular weight excluding hydrogens is 400 g/mol. The molecule has 2 aromatic rings. The fourth-order valence-corrected chi connectivity index (χ4v) is 2.97. The van der Waals surface area contributed by atoms with Gasteiger partial charge in [-0.25, -0.2) is 4.68 Å². The molecule has 2 rings (SSSR count). The van der Waals surface area contributed by atoms with E-state index in [2.05, 4.69) is 5.10 Å². The summed E-state index contributed by atoms with van der Waals surface area (Å²) in [6.07, 6.45) is -4.58. The summed E-state index contributed by atoms with van der Waals surface area (Å²) in [7, 11) is -3.02. The van der Waals surface area contributed by atoms with Gasteiger partial charge in [0.15, 0.2) is 5.21 Å². The topological polar surface area (TPSA) is 61.2 Å². The van der Waals surface area contributed by atoms with Crippen LogP contribution in [0.25, 0.3) is 0 Å². The molecule has 0 amide bonds. The van der Waals surface area contributed by atoms with Gasteiger partial charge >= 0.3 is 16.3 Å². The van der Waals surface area contributed by atoms with Crippen molar-refractivity contribution >= 4 is 21.7 Å². The number of aryl methyl sites for hydroxylation is 1. The maximum atomic E-state index is 14.6. The molecule has 5 nitrogen and oxygen atoms in total. The molecule has 0 aliphatic heterocycles. The predicted octanol–water partition coefficient (Wildman–Crippen LogP) is 3.81. The summed E-state index contributed by atoms with van der Waals surface area (Å²) in [4.78, 5) is 0. The van der Waals surface area contributed by atoms with Crippen LogP contribution in [0.1, 0.15) is 30.5 Å². The molecule has 1 aromatic heterocycles. The third kappa shape index (κ3) is 3.96. The summed E-state index contributed by atoms with van der Waals surface area (Å²) in [5.41, 5.74) is -2.49. The number of rotatable bonds is 5. The molecule has 0 saturated carbocycles. The van der Waals surface area contributed by atoms with E-state index in [0.717, 1.165) is 16.8 Å². The average molecular weight is 415 g/mol. The zero-order chi connectivity index (χ0) is 19.9. The van der Waals surface area contributed by atoms with Gasteiger partial charge in [0, 0.05) is 12.5 Å². The van der Waals surface area contributed by atoms with Gasteiger partial charge in [-0.3, -0.25) is 0 Å². The zero-order valence-electron chi connectivity index (χ0n) is 13.9. The second-order valence-corrected chi connectivity index (χ2v) is 8.20. The fraction of sp³-hybridized carbons (Fsp3) is 0.400. The van der Waals surface area contributed by atoms with E-state index in [9.17, 15) is 26.0 Å². The molecule has 0 N–H and O–H groups in total. The summed E-state index contributed by atoms with van der Waals surface area (Å²) < 4.78 is 82.2. The molecular formula is C15H15ClF4N2O3S. The van der Waals surface area contributed by atoms with Gasteiger partial charge in [-0.2, -0.15) is 26.0 Å². The number of hydrogen-bond acceptors (Lipinski definition) is 4. The van der Waals surface area contributed by atoms with Crippen molar-refractivity contribution < 1.29 is 30.2 Å². The highest BCUT2D eigenvalue weighted by Crippen LogP contribution is 2.41. The first-order valence-corrected chi connectivity index (χ1v) is 9.29. The third-order valence-electron chi connectivity index (χ3n) is 3.82.